The second kappa shape index (κ2) is 9.18. The number of ether oxygens (including phenoxy) is 2. The number of fused-ring (bicyclic) bond motifs is 2. The SMILES string of the molecule is CC(C)C(N)C(=O)O[C@H]1CCC23CC24CC[C@]2(C)[C@@H](C5(C)CCC(C(C)(C)O)O5)[C@@H](O)C[C@@]2(C)C4C[C@H](O)[C@H]3C1(C)C. The molecule has 6 rings (SSSR count). The molecular formula is C35H59NO6. The molecule has 0 bridgehead atoms. The zero-order valence-electron chi connectivity index (χ0n) is 27.7. The molecule has 5 N–H and O–H groups in total. The third kappa shape index (κ3) is 3.85. The molecule has 0 aromatic carbocycles. The van der Waals surface area contributed by atoms with Gasteiger partial charge in [-0.3, -0.25) is 4.79 Å². The van der Waals surface area contributed by atoms with Gasteiger partial charge in [0, 0.05) is 11.3 Å². The largest absolute Gasteiger partial charge is 0.461 e. The number of esters is 1. The fraction of sp³-hybridized carbons (Fsp3) is 0.971. The Bertz CT molecular complexity index is 1120. The predicted octanol–water partition coefficient (Wildman–Crippen LogP) is 4.97. The first-order valence-electron chi connectivity index (χ1n) is 16.9. The summed E-state index contributed by atoms with van der Waals surface area (Å²) in [5.74, 6) is 0.0783. The molecular weight excluding hydrogens is 530 g/mol. The van der Waals surface area contributed by atoms with E-state index >= 15 is 0 Å². The molecule has 0 aromatic heterocycles. The molecule has 6 unspecified atom stereocenters. The van der Waals surface area contributed by atoms with Gasteiger partial charge >= 0.3 is 5.97 Å². The molecule has 1 aliphatic heterocycles. The van der Waals surface area contributed by atoms with Crippen LogP contribution in [0, 0.1) is 50.7 Å². The van der Waals surface area contributed by atoms with Gasteiger partial charge in [0.2, 0.25) is 0 Å². The third-order valence-corrected chi connectivity index (χ3v) is 15.0. The first-order valence-corrected chi connectivity index (χ1v) is 16.9. The van der Waals surface area contributed by atoms with Crippen molar-refractivity contribution < 1.29 is 29.6 Å². The van der Waals surface area contributed by atoms with E-state index < -0.39 is 29.5 Å². The van der Waals surface area contributed by atoms with Crippen molar-refractivity contribution in [1.82, 2.24) is 0 Å². The minimum atomic E-state index is -0.912. The van der Waals surface area contributed by atoms with Crippen molar-refractivity contribution in [3.8, 4) is 0 Å². The van der Waals surface area contributed by atoms with E-state index in [1.54, 1.807) is 0 Å². The highest BCUT2D eigenvalue weighted by atomic mass is 16.5. The van der Waals surface area contributed by atoms with Gasteiger partial charge in [0.05, 0.1) is 29.5 Å². The average Bonchev–Trinajstić information content (AvgIpc) is 3.22. The molecule has 0 amide bonds. The number of carbonyl (C=O) groups excluding carboxylic acids is 1. The molecule has 7 heteroatoms. The number of hydrogen-bond donors (Lipinski definition) is 4. The van der Waals surface area contributed by atoms with Crippen LogP contribution in [-0.4, -0.2) is 62.9 Å². The van der Waals surface area contributed by atoms with Gasteiger partial charge in [-0.05, 0) is 118 Å². The molecule has 1 saturated heterocycles. The Hall–Kier alpha value is -0.730. The van der Waals surface area contributed by atoms with Crippen molar-refractivity contribution in [3.63, 3.8) is 0 Å². The van der Waals surface area contributed by atoms with Gasteiger partial charge in [-0.15, -0.1) is 0 Å². The lowest BCUT2D eigenvalue weighted by Crippen LogP contribution is -2.62. The summed E-state index contributed by atoms with van der Waals surface area (Å²) >= 11 is 0. The summed E-state index contributed by atoms with van der Waals surface area (Å²) in [7, 11) is 0. The number of rotatable bonds is 5. The second-order valence-electron chi connectivity index (χ2n) is 18.1. The number of aliphatic hydroxyl groups is 3. The van der Waals surface area contributed by atoms with Gasteiger partial charge < -0.3 is 30.5 Å². The fourth-order valence-corrected chi connectivity index (χ4v) is 12.8. The highest BCUT2D eigenvalue weighted by Crippen LogP contribution is 2.89. The minimum Gasteiger partial charge on any atom is -0.461 e. The van der Waals surface area contributed by atoms with Gasteiger partial charge in [-0.1, -0.05) is 41.5 Å². The average molecular weight is 590 g/mol. The maximum absolute atomic E-state index is 12.9. The second-order valence-corrected chi connectivity index (χ2v) is 18.1. The molecule has 6 aliphatic rings. The normalized spacial score (nSPS) is 53.5. The Morgan fingerprint density at radius 1 is 0.929 bits per heavy atom. The topological polar surface area (TPSA) is 122 Å². The monoisotopic (exact) mass is 589 g/mol. The molecule has 2 spiro atoms. The number of nitrogens with two attached hydrogens (primary N) is 1. The Labute approximate surface area is 253 Å². The van der Waals surface area contributed by atoms with E-state index in [9.17, 15) is 20.1 Å². The molecule has 13 atom stereocenters. The fourth-order valence-electron chi connectivity index (χ4n) is 12.8. The zero-order valence-corrected chi connectivity index (χ0v) is 27.7. The van der Waals surface area contributed by atoms with E-state index in [1.165, 1.54) is 0 Å². The summed E-state index contributed by atoms with van der Waals surface area (Å²) in [6.45, 7) is 18.9. The molecule has 7 nitrogen and oxygen atoms in total. The van der Waals surface area contributed by atoms with Crippen molar-refractivity contribution in [2.75, 3.05) is 0 Å². The number of carbonyl (C=O) groups is 1. The molecule has 5 aliphatic carbocycles. The summed E-state index contributed by atoms with van der Waals surface area (Å²) in [6.07, 6.45) is 6.74. The van der Waals surface area contributed by atoms with Crippen molar-refractivity contribution in [2.45, 2.75) is 162 Å². The molecule has 6 fully saturated rings. The Morgan fingerprint density at radius 2 is 1.60 bits per heavy atom. The summed E-state index contributed by atoms with van der Waals surface area (Å²) in [5.41, 5.74) is 4.37. The van der Waals surface area contributed by atoms with Crippen LogP contribution in [0.1, 0.15) is 120 Å². The van der Waals surface area contributed by atoms with Crippen LogP contribution in [0.25, 0.3) is 0 Å². The van der Waals surface area contributed by atoms with E-state index in [4.69, 9.17) is 15.2 Å². The van der Waals surface area contributed by atoms with Crippen LogP contribution in [0.5, 0.6) is 0 Å². The van der Waals surface area contributed by atoms with Crippen LogP contribution in [0.3, 0.4) is 0 Å². The molecule has 240 valence electrons. The Morgan fingerprint density at radius 3 is 2.19 bits per heavy atom. The van der Waals surface area contributed by atoms with Crippen LogP contribution in [0.15, 0.2) is 0 Å². The standard InChI is InChI=1S/C35H59NO6/c1-19(2)25(36)28(39)41-23-11-13-35-18-34(35)15-14-31(7)27(33(9)12-10-24(42-33)30(5,6)40)21(38)17-32(31,8)22(34)16-20(37)26(35)29(23,3)4/h19-27,37-38,40H,10-18,36H2,1-9H3/t20-,21-,22?,23-,24?,25?,26-,27-,31+,32-,33?,34?,35?/m0/s1. The molecule has 0 aromatic rings. The van der Waals surface area contributed by atoms with Gasteiger partial charge in [0.25, 0.3) is 0 Å². The quantitative estimate of drug-likeness (QED) is 0.334. The maximum Gasteiger partial charge on any atom is 0.323 e. The van der Waals surface area contributed by atoms with E-state index in [-0.39, 0.29) is 63.0 Å². The lowest BCUT2D eigenvalue weighted by Gasteiger charge is -2.64. The van der Waals surface area contributed by atoms with Crippen LogP contribution < -0.4 is 5.73 Å². The molecule has 42 heavy (non-hydrogen) atoms. The zero-order chi connectivity index (χ0) is 31.1. The van der Waals surface area contributed by atoms with Crippen LogP contribution in [0.2, 0.25) is 0 Å². The van der Waals surface area contributed by atoms with Gasteiger partial charge in [-0.2, -0.15) is 0 Å². The van der Waals surface area contributed by atoms with Crippen LogP contribution >= 0.6 is 0 Å². The van der Waals surface area contributed by atoms with Crippen molar-refractivity contribution in [3.05, 3.63) is 0 Å². The van der Waals surface area contributed by atoms with E-state index in [1.807, 2.05) is 27.7 Å². The summed E-state index contributed by atoms with van der Waals surface area (Å²) in [6, 6.07) is -0.633. The predicted molar refractivity (Wildman–Crippen MR) is 161 cm³/mol. The van der Waals surface area contributed by atoms with E-state index in [0.29, 0.717) is 5.92 Å². The summed E-state index contributed by atoms with van der Waals surface area (Å²) < 4.78 is 12.8. The maximum atomic E-state index is 12.9. The number of hydrogen-bond acceptors (Lipinski definition) is 7. The smallest absolute Gasteiger partial charge is 0.323 e. The van der Waals surface area contributed by atoms with Gasteiger partial charge in [0.1, 0.15) is 12.1 Å². The lowest BCUT2D eigenvalue weighted by molar-refractivity contribution is -0.218. The Balaban J connectivity index is 1.29. The van der Waals surface area contributed by atoms with Crippen LogP contribution in [0.4, 0.5) is 0 Å². The van der Waals surface area contributed by atoms with Crippen molar-refractivity contribution >= 4 is 5.97 Å². The molecule has 5 saturated carbocycles. The van der Waals surface area contributed by atoms with Gasteiger partial charge in [-0.25, -0.2) is 0 Å². The highest BCUT2D eigenvalue weighted by Gasteiger charge is 2.85. The molecule has 0 radical (unpaired) electrons. The third-order valence-electron chi connectivity index (χ3n) is 15.0. The van der Waals surface area contributed by atoms with Crippen LogP contribution in [-0.2, 0) is 14.3 Å². The Kier molecular flexibility index (Phi) is 6.83. The van der Waals surface area contributed by atoms with Gasteiger partial charge in [0.15, 0.2) is 0 Å². The number of aliphatic hydroxyl groups excluding tert-OH is 2. The lowest BCUT2D eigenvalue weighted by atomic mass is 9.41. The first-order chi connectivity index (χ1) is 19.2. The van der Waals surface area contributed by atoms with E-state index in [0.717, 1.165) is 57.8 Å². The van der Waals surface area contributed by atoms with Crippen molar-refractivity contribution in [2.24, 2.45) is 56.5 Å². The summed E-state index contributed by atoms with van der Waals surface area (Å²) in [5, 5.41) is 34.7. The highest BCUT2D eigenvalue weighted by molar-refractivity contribution is 5.76. The van der Waals surface area contributed by atoms with Crippen molar-refractivity contribution in [1.29, 1.82) is 0 Å². The molecule has 1 heterocycles. The minimum absolute atomic E-state index is 0.0129. The summed E-state index contributed by atoms with van der Waals surface area (Å²) in [4.78, 5) is 12.9. The first kappa shape index (κ1) is 31.3. The van der Waals surface area contributed by atoms with E-state index in [2.05, 4.69) is 34.6 Å².